The van der Waals surface area contributed by atoms with Crippen molar-refractivity contribution in [1.82, 2.24) is 14.9 Å². The fourth-order valence-electron chi connectivity index (χ4n) is 3.95. The van der Waals surface area contributed by atoms with Crippen molar-refractivity contribution in [1.29, 1.82) is 0 Å². The predicted octanol–water partition coefficient (Wildman–Crippen LogP) is 3.86. The third kappa shape index (κ3) is 7.08. The number of benzene rings is 1. The van der Waals surface area contributed by atoms with Crippen molar-refractivity contribution in [2.24, 2.45) is 5.92 Å². The Hall–Kier alpha value is -2.81. The Kier molecular flexibility index (Phi) is 8.41. The highest BCUT2D eigenvalue weighted by molar-refractivity contribution is 7.14. The molecule has 0 radical (unpaired) electrons. The number of rotatable bonds is 10. The summed E-state index contributed by atoms with van der Waals surface area (Å²) in [6, 6.07) is 11.5. The maximum absolute atomic E-state index is 12.5. The van der Waals surface area contributed by atoms with Gasteiger partial charge in [0.05, 0.1) is 18.7 Å². The molecule has 1 amide bonds. The zero-order valence-corrected chi connectivity index (χ0v) is 19.5. The summed E-state index contributed by atoms with van der Waals surface area (Å²) in [6.07, 6.45) is 6.83. The van der Waals surface area contributed by atoms with Crippen LogP contribution in [0.15, 0.2) is 54.2 Å². The molecule has 3 heterocycles. The van der Waals surface area contributed by atoms with Crippen LogP contribution in [0, 0.1) is 5.92 Å². The lowest BCUT2D eigenvalue weighted by atomic mass is 9.98. The molecule has 2 N–H and O–H groups in total. The Bertz CT molecular complexity index is 1020. The molecule has 1 aliphatic rings. The lowest BCUT2D eigenvalue weighted by Gasteiger charge is -2.30. The Labute approximate surface area is 198 Å². The maximum Gasteiger partial charge on any atom is 0.230 e. The molecule has 1 aliphatic heterocycles. The van der Waals surface area contributed by atoms with Crippen LogP contribution in [0.3, 0.4) is 0 Å². The molecule has 0 spiro atoms. The van der Waals surface area contributed by atoms with Gasteiger partial charge in [-0.2, -0.15) is 0 Å². The van der Waals surface area contributed by atoms with Crippen LogP contribution in [-0.4, -0.2) is 58.7 Å². The summed E-state index contributed by atoms with van der Waals surface area (Å²) in [7, 11) is 0. The molecule has 2 aromatic heterocycles. The summed E-state index contributed by atoms with van der Waals surface area (Å²) in [5, 5.41) is 14.6. The van der Waals surface area contributed by atoms with E-state index in [0.717, 1.165) is 61.5 Å². The molecule has 174 valence electrons. The fourth-order valence-corrected chi connectivity index (χ4v) is 4.69. The number of aromatic nitrogens is 2. The maximum atomic E-state index is 12.5. The van der Waals surface area contributed by atoms with Crippen LogP contribution in [0.2, 0.25) is 0 Å². The van der Waals surface area contributed by atoms with Gasteiger partial charge in [-0.25, -0.2) is 4.98 Å². The molecule has 1 aromatic carbocycles. The van der Waals surface area contributed by atoms with Gasteiger partial charge in [-0.3, -0.25) is 9.78 Å². The first kappa shape index (κ1) is 23.4. The summed E-state index contributed by atoms with van der Waals surface area (Å²) < 4.78 is 5.92. The molecule has 7 nitrogen and oxygen atoms in total. The van der Waals surface area contributed by atoms with E-state index in [1.54, 1.807) is 12.4 Å². The van der Waals surface area contributed by atoms with Crippen LogP contribution in [0.1, 0.15) is 24.8 Å². The molecule has 33 heavy (non-hydrogen) atoms. The number of thiazole rings is 1. The van der Waals surface area contributed by atoms with E-state index < -0.39 is 0 Å². The molecule has 0 bridgehead atoms. The van der Waals surface area contributed by atoms with Gasteiger partial charge in [-0.15, -0.1) is 11.3 Å². The van der Waals surface area contributed by atoms with Crippen LogP contribution in [0.5, 0.6) is 5.75 Å². The average molecular weight is 467 g/mol. The molecule has 4 rings (SSSR count). The number of nitrogens with one attached hydrogen (secondary N) is 1. The second kappa shape index (κ2) is 11.9. The van der Waals surface area contributed by atoms with Crippen molar-refractivity contribution < 1.29 is 14.6 Å². The molecular weight excluding hydrogens is 436 g/mol. The highest BCUT2D eigenvalue weighted by atomic mass is 32.1. The second-order valence-electron chi connectivity index (χ2n) is 8.32. The number of hydrogen-bond acceptors (Lipinski definition) is 7. The molecule has 1 saturated heterocycles. The molecule has 8 heteroatoms. The number of amides is 1. The number of aliphatic hydroxyl groups excluding tert-OH is 1. The largest absolute Gasteiger partial charge is 0.494 e. The van der Waals surface area contributed by atoms with Crippen LogP contribution in [0.4, 0.5) is 5.13 Å². The first-order chi connectivity index (χ1) is 16.2. The molecule has 0 unspecified atom stereocenters. The van der Waals surface area contributed by atoms with Crippen LogP contribution in [0.25, 0.3) is 11.3 Å². The van der Waals surface area contributed by atoms with Crippen LogP contribution < -0.4 is 10.1 Å². The summed E-state index contributed by atoms with van der Waals surface area (Å²) >= 11 is 1.41. The first-order valence-corrected chi connectivity index (χ1v) is 12.3. The quantitative estimate of drug-likeness (QED) is 0.441. The number of carbonyl (C=O) groups is 1. The van der Waals surface area contributed by atoms with E-state index in [9.17, 15) is 9.90 Å². The third-order valence-electron chi connectivity index (χ3n) is 5.84. The minimum atomic E-state index is -0.103. The smallest absolute Gasteiger partial charge is 0.230 e. The highest BCUT2D eigenvalue weighted by Crippen LogP contribution is 2.24. The van der Waals surface area contributed by atoms with Gasteiger partial charge < -0.3 is 20.1 Å². The fraction of sp³-hybridized carbons (Fsp3) is 0.400. The zero-order valence-electron chi connectivity index (χ0n) is 18.7. The van der Waals surface area contributed by atoms with Crippen molar-refractivity contribution >= 4 is 22.4 Å². The average Bonchev–Trinajstić information content (AvgIpc) is 3.31. The van der Waals surface area contributed by atoms with Gasteiger partial charge in [0.2, 0.25) is 5.91 Å². The van der Waals surface area contributed by atoms with E-state index in [1.807, 2.05) is 41.8 Å². The third-order valence-corrected chi connectivity index (χ3v) is 6.60. The highest BCUT2D eigenvalue weighted by Gasteiger charge is 2.17. The monoisotopic (exact) mass is 466 g/mol. The van der Waals surface area contributed by atoms with Gasteiger partial charge in [0.25, 0.3) is 0 Å². The molecule has 0 aliphatic carbocycles. The van der Waals surface area contributed by atoms with Crippen molar-refractivity contribution in [3.63, 3.8) is 0 Å². The zero-order chi connectivity index (χ0) is 22.9. The summed E-state index contributed by atoms with van der Waals surface area (Å²) in [5.41, 5.74) is 2.70. The number of nitrogens with zero attached hydrogens (tertiary/aromatic N) is 3. The number of aliphatic hydroxyl groups is 1. The number of anilines is 1. The van der Waals surface area contributed by atoms with Gasteiger partial charge >= 0.3 is 0 Å². The normalized spacial score (nSPS) is 14.8. The SMILES string of the molecule is O=C(Cc1cccc(OCCCN2CCC(CO)CC2)c1)Nc1nc(-c2ccncc2)cs1. The van der Waals surface area contributed by atoms with E-state index in [-0.39, 0.29) is 12.3 Å². The lowest BCUT2D eigenvalue weighted by molar-refractivity contribution is -0.115. The van der Waals surface area contributed by atoms with Gasteiger partial charge in [-0.05, 0) is 68.1 Å². The van der Waals surface area contributed by atoms with E-state index in [4.69, 9.17) is 4.74 Å². The van der Waals surface area contributed by atoms with Crippen LogP contribution >= 0.6 is 11.3 Å². The van der Waals surface area contributed by atoms with Crippen molar-refractivity contribution in [3.8, 4) is 17.0 Å². The lowest BCUT2D eigenvalue weighted by Crippen LogP contribution is -2.35. The minimum absolute atomic E-state index is 0.103. The van der Waals surface area contributed by atoms with Crippen molar-refractivity contribution in [2.45, 2.75) is 25.7 Å². The van der Waals surface area contributed by atoms with Crippen molar-refractivity contribution in [2.75, 3.05) is 38.2 Å². The summed E-state index contributed by atoms with van der Waals surface area (Å²) in [4.78, 5) is 23.5. The number of hydrogen-bond donors (Lipinski definition) is 2. The topological polar surface area (TPSA) is 87.6 Å². The summed E-state index contributed by atoms with van der Waals surface area (Å²) in [5.74, 6) is 1.15. The standard InChI is InChI=1S/C25H30N4O3S/c30-17-19-7-12-29(13-8-19)11-2-14-32-22-4-1-3-20(15-22)16-24(31)28-25-27-23(18-33-25)21-5-9-26-10-6-21/h1,3-6,9-10,15,18-19,30H,2,7-8,11-14,16-17H2,(H,27,28,31). The molecule has 0 saturated carbocycles. The van der Waals surface area contributed by atoms with E-state index in [0.29, 0.717) is 24.3 Å². The number of carbonyl (C=O) groups excluding carboxylic acids is 1. The van der Waals surface area contributed by atoms with E-state index >= 15 is 0 Å². The van der Waals surface area contributed by atoms with Gasteiger partial charge in [-0.1, -0.05) is 12.1 Å². The van der Waals surface area contributed by atoms with Gasteiger partial charge in [0, 0.05) is 36.5 Å². The van der Waals surface area contributed by atoms with E-state index in [1.165, 1.54) is 11.3 Å². The van der Waals surface area contributed by atoms with Crippen LogP contribution in [-0.2, 0) is 11.2 Å². The van der Waals surface area contributed by atoms with Gasteiger partial charge in [0.1, 0.15) is 5.75 Å². The van der Waals surface area contributed by atoms with Crippen molar-refractivity contribution in [3.05, 3.63) is 59.7 Å². The summed E-state index contributed by atoms with van der Waals surface area (Å²) in [6.45, 7) is 4.07. The molecular formula is C25H30N4O3S. The van der Waals surface area contributed by atoms with E-state index in [2.05, 4.69) is 20.2 Å². The second-order valence-corrected chi connectivity index (χ2v) is 9.17. The van der Waals surface area contributed by atoms with Gasteiger partial charge in [0.15, 0.2) is 5.13 Å². The Morgan fingerprint density at radius 1 is 1.21 bits per heavy atom. The number of likely N-dealkylation sites (tertiary alicyclic amines) is 1. The molecule has 1 fully saturated rings. The number of pyridine rings is 1. The molecule has 0 atom stereocenters. The number of ether oxygens (including phenoxy) is 1. The number of piperidine rings is 1. The first-order valence-electron chi connectivity index (χ1n) is 11.4. The Morgan fingerprint density at radius 3 is 2.82 bits per heavy atom. The molecule has 3 aromatic rings. The predicted molar refractivity (Wildman–Crippen MR) is 130 cm³/mol. The Balaban J connectivity index is 1.20. The Morgan fingerprint density at radius 2 is 2.03 bits per heavy atom. The minimum Gasteiger partial charge on any atom is -0.494 e.